The molecule has 2 aliphatic rings. The maximum atomic E-state index is 11.8. The maximum Gasteiger partial charge on any atom is 0.257 e. The summed E-state index contributed by atoms with van der Waals surface area (Å²) in [5.41, 5.74) is 1.73. The summed E-state index contributed by atoms with van der Waals surface area (Å²) >= 11 is 3.47. The Kier molecular flexibility index (Phi) is 3.90. The lowest BCUT2D eigenvalue weighted by molar-refractivity contribution is -0.114. The lowest BCUT2D eigenvalue weighted by Crippen LogP contribution is -2.16. The molecule has 2 aliphatic heterocycles. The van der Waals surface area contributed by atoms with Crippen LogP contribution in [0.3, 0.4) is 0 Å². The van der Waals surface area contributed by atoms with Crippen molar-refractivity contribution in [3.05, 3.63) is 64.1 Å². The minimum absolute atomic E-state index is 0.175. The van der Waals surface area contributed by atoms with Crippen molar-refractivity contribution < 1.29 is 18.5 Å². The Balaban J connectivity index is 1.54. The van der Waals surface area contributed by atoms with E-state index in [4.69, 9.17) is 9.47 Å². The van der Waals surface area contributed by atoms with Crippen LogP contribution in [-0.2, 0) is 15.8 Å². The number of carbonyl (C=O) groups is 1. The number of rotatable bonds is 3. The number of hydrogen-bond acceptors (Lipinski definition) is 4. The lowest BCUT2D eigenvalue weighted by Gasteiger charge is -2.13. The van der Waals surface area contributed by atoms with Gasteiger partial charge in [-0.2, -0.15) is 0 Å². The number of ether oxygens (including phenoxy) is 2. The van der Waals surface area contributed by atoms with Crippen molar-refractivity contribution in [2.75, 3.05) is 6.61 Å². The van der Waals surface area contributed by atoms with E-state index in [9.17, 15) is 9.00 Å². The first-order valence-corrected chi connectivity index (χ1v) is 9.18. The molecular weight excluding hydrogens is 394 g/mol. The smallest absolute Gasteiger partial charge is 0.257 e. The second kappa shape index (κ2) is 6.07. The zero-order valence-electron chi connectivity index (χ0n) is 12.3. The summed E-state index contributed by atoms with van der Waals surface area (Å²) in [5, 5.41) is 0. The van der Waals surface area contributed by atoms with E-state index in [0.717, 1.165) is 21.3 Å². The van der Waals surface area contributed by atoms with Crippen molar-refractivity contribution in [3.63, 3.8) is 0 Å². The van der Waals surface area contributed by atoms with Gasteiger partial charge in [0.05, 0.1) is 9.38 Å². The molecular formula is C17H12BrNO4S. The summed E-state index contributed by atoms with van der Waals surface area (Å²) < 4.78 is 26.7. The fourth-order valence-electron chi connectivity index (χ4n) is 2.68. The zero-order valence-corrected chi connectivity index (χ0v) is 14.7. The number of hydrogen-bond donors (Lipinski definition) is 1. The molecule has 0 saturated heterocycles. The average Bonchev–Trinajstić information content (AvgIpc) is 3.12. The molecule has 0 bridgehead atoms. The third-order valence-electron chi connectivity index (χ3n) is 3.80. The zero-order chi connectivity index (χ0) is 16.7. The lowest BCUT2D eigenvalue weighted by atomic mass is 10.1. The summed E-state index contributed by atoms with van der Waals surface area (Å²) in [6.45, 7) is 0.452. The molecule has 0 aromatic heterocycles. The van der Waals surface area contributed by atoms with Gasteiger partial charge in [-0.1, -0.05) is 24.3 Å². The van der Waals surface area contributed by atoms with Crippen LogP contribution in [-0.4, -0.2) is 16.7 Å². The highest BCUT2D eigenvalue weighted by molar-refractivity contribution is 9.10. The fraction of sp³-hybridized carbons (Fsp3) is 0.118. The van der Waals surface area contributed by atoms with Crippen LogP contribution in [0.5, 0.6) is 11.5 Å². The van der Waals surface area contributed by atoms with Crippen LogP contribution in [0, 0.1) is 0 Å². The summed E-state index contributed by atoms with van der Waals surface area (Å²) in [6, 6.07) is 13.0. The first-order chi connectivity index (χ1) is 11.6. The van der Waals surface area contributed by atoms with E-state index in [2.05, 4.69) is 20.7 Å². The quantitative estimate of drug-likeness (QED) is 0.851. The van der Waals surface area contributed by atoms with Crippen molar-refractivity contribution >= 4 is 37.7 Å². The first kappa shape index (κ1) is 15.4. The van der Waals surface area contributed by atoms with Gasteiger partial charge in [0.25, 0.3) is 5.91 Å². The molecule has 0 fully saturated rings. The Hall–Kier alpha value is -2.12. The number of halogens is 1. The highest BCUT2D eigenvalue weighted by Gasteiger charge is 2.27. The van der Waals surface area contributed by atoms with Gasteiger partial charge in [-0.05, 0) is 39.7 Å². The standard InChI is InChI=1S/C17H12BrNO4S/c18-13-3-1-2-12-14(9-22-17(12)13)23-11-6-4-10(5-7-11)15-8-16(20)19-24(15)21/h1-8,14H,9H2,(H,19,20). The number of para-hydroxylation sites is 1. The Bertz CT molecular complexity index is 879. The summed E-state index contributed by atoms with van der Waals surface area (Å²) in [6.07, 6.45) is 1.18. The average molecular weight is 406 g/mol. The van der Waals surface area contributed by atoms with Crippen LogP contribution in [0.25, 0.3) is 4.91 Å². The molecule has 2 atom stereocenters. The minimum Gasteiger partial charge on any atom is -0.488 e. The molecule has 0 radical (unpaired) electrons. The number of fused-ring (bicyclic) bond motifs is 1. The van der Waals surface area contributed by atoms with Gasteiger partial charge in [-0.15, -0.1) is 0 Å². The van der Waals surface area contributed by atoms with Crippen molar-refractivity contribution in [3.8, 4) is 11.5 Å². The third-order valence-corrected chi connectivity index (χ3v) is 5.56. The van der Waals surface area contributed by atoms with Gasteiger partial charge in [0.2, 0.25) is 0 Å². The SMILES string of the molecule is O=C1C=C(c2ccc(OC3COc4c(Br)cccc43)cc2)S(=O)N1. The molecule has 1 N–H and O–H groups in total. The molecule has 2 aromatic carbocycles. The van der Waals surface area contributed by atoms with Gasteiger partial charge in [-0.25, -0.2) is 4.21 Å². The van der Waals surface area contributed by atoms with Crippen LogP contribution < -0.4 is 14.2 Å². The maximum absolute atomic E-state index is 11.8. The van der Waals surface area contributed by atoms with Gasteiger partial charge in [-0.3, -0.25) is 9.52 Å². The monoisotopic (exact) mass is 405 g/mol. The first-order valence-electron chi connectivity index (χ1n) is 7.24. The Labute approximate surface area is 149 Å². The molecule has 7 heteroatoms. The molecule has 122 valence electrons. The largest absolute Gasteiger partial charge is 0.488 e. The van der Waals surface area contributed by atoms with Gasteiger partial charge >= 0.3 is 0 Å². The molecule has 0 aliphatic carbocycles. The molecule has 0 saturated carbocycles. The number of benzene rings is 2. The van der Waals surface area contributed by atoms with Gasteiger partial charge in [0.1, 0.15) is 18.1 Å². The number of nitrogens with one attached hydrogen (secondary N) is 1. The van der Waals surface area contributed by atoms with Crippen LogP contribution in [0.1, 0.15) is 17.2 Å². The van der Waals surface area contributed by atoms with E-state index in [0.29, 0.717) is 17.3 Å². The molecule has 24 heavy (non-hydrogen) atoms. The van der Waals surface area contributed by atoms with E-state index >= 15 is 0 Å². The highest BCUT2D eigenvalue weighted by atomic mass is 79.9. The van der Waals surface area contributed by atoms with Crippen molar-refractivity contribution in [1.29, 1.82) is 0 Å². The Morgan fingerprint density at radius 1 is 1.21 bits per heavy atom. The van der Waals surface area contributed by atoms with Gasteiger partial charge < -0.3 is 9.47 Å². The fourth-order valence-corrected chi connectivity index (χ4v) is 4.09. The highest BCUT2D eigenvalue weighted by Crippen LogP contribution is 2.40. The summed E-state index contributed by atoms with van der Waals surface area (Å²) in [5.74, 6) is 1.16. The predicted molar refractivity (Wildman–Crippen MR) is 93.7 cm³/mol. The molecule has 4 rings (SSSR count). The van der Waals surface area contributed by atoms with E-state index in [-0.39, 0.29) is 12.0 Å². The van der Waals surface area contributed by atoms with E-state index in [1.807, 2.05) is 18.2 Å². The van der Waals surface area contributed by atoms with Crippen LogP contribution >= 0.6 is 15.9 Å². The second-order valence-corrected chi connectivity index (χ2v) is 7.38. The number of carbonyl (C=O) groups excluding carboxylic acids is 1. The normalized spacial score (nSPS) is 21.7. The van der Waals surface area contributed by atoms with Gasteiger partial charge in [0.15, 0.2) is 17.1 Å². The predicted octanol–water partition coefficient (Wildman–Crippen LogP) is 3.10. The van der Waals surface area contributed by atoms with Crippen LogP contribution in [0.15, 0.2) is 53.0 Å². The van der Waals surface area contributed by atoms with E-state index in [1.54, 1.807) is 24.3 Å². The number of amides is 1. The Morgan fingerprint density at radius 3 is 2.71 bits per heavy atom. The van der Waals surface area contributed by atoms with Crippen LogP contribution in [0.4, 0.5) is 0 Å². The van der Waals surface area contributed by atoms with Crippen molar-refractivity contribution in [1.82, 2.24) is 4.72 Å². The van der Waals surface area contributed by atoms with Crippen LogP contribution in [0.2, 0.25) is 0 Å². The molecule has 2 unspecified atom stereocenters. The Morgan fingerprint density at radius 2 is 2.00 bits per heavy atom. The van der Waals surface area contributed by atoms with E-state index in [1.165, 1.54) is 6.08 Å². The molecule has 1 amide bonds. The molecule has 2 aromatic rings. The summed E-state index contributed by atoms with van der Waals surface area (Å²) in [4.78, 5) is 11.7. The third kappa shape index (κ3) is 2.74. The topological polar surface area (TPSA) is 64.6 Å². The molecule has 0 spiro atoms. The second-order valence-electron chi connectivity index (χ2n) is 5.34. The molecule has 5 nitrogen and oxygen atoms in total. The molecule has 2 heterocycles. The van der Waals surface area contributed by atoms with E-state index < -0.39 is 11.0 Å². The minimum atomic E-state index is -1.49. The summed E-state index contributed by atoms with van der Waals surface area (Å²) in [7, 11) is -1.49. The van der Waals surface area contributed by atoms with Crippen molar-refractivity contribution in [2.45, 2.75) is 6.10 Å². The van der Waals surface area contributed by atoms with Gasteiger partial charge in [0, 0.05) is 11.6 Å². The van der Waals surface area contributed by atoms with Crippen molar-refractivity contribution in [2.24, 2.45) is 0 Å².